The SMILES string of the molecule is COCOc1cccc2oc(-c3cn4nc(SC)sc4n3)cc12. The number of hydrogen-bond acceptors (Lipinski definition) is 7. The van der Waals surface area contributed by atoms with Crippen molar-refractivity contribution in [3.05, 3.63) is 30.5 Å². The predicted molar refractivity (Wildman–Crippen MR) is 90.4 cm³/mol. The largest absolute Gasteiger partial charge is 0.467 e. The molecule has 0 N–H and O–H groups in total. The highest BCUT2D eigenvalue weighted by atomic mass is 32.2. The summed E-state index contributed by atoms with van der Waals surface area (Å²) in [5, 5.41) is 5.34. The Morgan fingerprint density at radius 3 is 3.09 bits per heavy atom. The molecule has 0 spiro atoms. The Labute approximate surface area is 140 Å². The number of methoxy groups -OCH3 is 1. The number of fused-ring (bicyclic) bond motifs is 2. The molecule has 0 bridgehead atoms. The first-order valence-electron chi connectivity index (χ1n) is 6.83. The molecule has 3 heterocycles. The van der Waals surface area contributed by atoms with E-state index in [0.717, 1.165) is 31.7 Å². The van der Waals surface area contributed by atoms with Crippen LogP contribution in [0, 0.1) is 0 Å². The highest BCUT2D eigenvalue weighted by Gasteiger charge is 2.15. The van der Waals surface area contributed by atoms with E-state index in [1.54, 1.807) is 34.7 Å². The molecule has 6 nitrogen and oxygen atoms in total. The van der Waals surface area contributed by atoms with Crippen LogP contribution in [0.1, 0.15) is 0 Å². The highest BCUT2D eigenvalue weighted by molar-refractivity contribution is 8.00. The molecule has 0 fully saturated rings. The van der Waals surface area contributed by atoms with Crippen LogP contribution in [0.5, 0.6) is 5.75 Å². The second-order valence-corrected chi connectivity index (χ2v) is 6.76. The number of imidazole rings is 1. The maximum Gasteiger partial charge on any atom is 0.213 e. The summed E-state index contributed by atoms with van der Waals surface area (Å²) in [5.41, 5.74) is 1.51. The van der Waals surface area contributed by atoms with Gasteiger partial charge in [-0.3, -0.25) is 0 Å². The number of hydrogen-bond donors (Lipinski definition) is 0. The van der Waals surface area contributed by atoms with Crippen LogP contribution in [0.3, 0.4) is 0 Å². The van der Waals surface area contributed by atoms with Gasteiger partial charge in [0.05, 0.1) is 11.6 Å². The molecule has 4 rings (SSSR count). The van der Waals surface area contributed by atoms with E-state index < -0.39 is 0 Å². The van der Waals surface area contributed by atoms with Gasteiger partial charge in [-0.1, -0.05) is 29.2 Å². The van der Waals surface area contributed by atoms with Gasteiger partial charge in [0.1, 0.15) is 17.0 Å². The van der Waals surface area contributed by atoms with Gasteiger partial charge in [0.15, 0.2) is 16.9 Å². The fourth-order valence-corrected chi connectivity index (χ4v) is 3.63. The zero-order valence-electron chi connectivity index (χ0n) is 12.5. The summed E-state index contributed by atoms with van der Waals surface area (Å²) in [4.78, 5) is 5.43. The van der Waals surface area contributed by atoms with Crippen molar-refractivity contribution < 1.29 is 13.9 Å². The number of nitrogens with zero attached hydrogens (tertiary/aromatic N) is 3. The number of thioether (sulfide) groups is 1. The van der Waals surface area contributed by atoms with Gasteiger partial charge in [-0.25, -0.2) is 9.50 Å². The van der Waals surface area contributed by atoms with E-state index in [4.69, 9.17) is 13.9 Å². The van der Waals surface area contributed by atoms with Gasteiger partial charge in [-0.05, 0) is 24.5 Å². The van der Waals surface area contributed by atoms with Crippen LogP contribution in [0.25, 0.3) is 27.4 Å². The van der Waals surface area contributed by atoms with Gasteiger partial charge in [0.25, 0.3) is 0 Å². The minimum atomic E-state index is 0.196. The highest BCUT2D eigenvalue weighted by Crippen LogP contribution is 2.34. The van der Waals surface area contributed by atoms with Crippen LogP contribution >= 0.6 is 23.1 Å². The minimum Gasteiger partial charge on any atom is -0.467 e. The number of aromatic nitrogens is 3. The molecule has 0 unspecified atom stereocenters. The number of furan rings is 1. The lowest BCUT2D eigenvalue weighted by molar-refractivity contribution is 0.0522. The van der Waals surface area contributed by atoms with Crippen LogP contribution in [-0.4, -0.2) is 34.8 Å². The summed E-state index contributed by atoms with van der Waals surface area (Å²) in [7, 11) is 1.59. The maximum absolute atomic E-state index is 5.91. The third-order valence-electron chi connectivity index (χ3n) is 3.31. The summed E-state index contributed by atoms with van der Waals surface area (Å²) in [6, 6.07) is 7.61. The van der Waals surface area contributed by atoms with Crippen molar-refractivity contribution in [2.75, 3.05) is 20.2 Å². The molecule has 0 radical (unpaired) electrons. The van der Waals surface area contributed by atoms with E-state index in [2.05, 4.69) is 10.1 Å². The van der Waals surface area contributed by atoms with Gasteiger partial charge in [-0.2, -0.15) is 0 Å². The van der Waals surface area contributed by atoms with Crippen molar-refractivity contribution in [2.24, 2.45) is 0 Å². The molecule has 3 aromatic heterocycles. The summed E-state index contributed by atoms with van der Waals surface area (Å²) < 4.78 is 19.2. The average molecular weight is 347 g/mol. The molecule has 0 aliphatic heterocycles. The molecule has 0 saturated heterocycles. The second-order valence-electron chi connectivity index (χ2n) is 4.75. The fourth-order valence-electron chi connectivity index (χ4n) is 2.29. The third kappa shape index (κ3) is 2.58. The second kappa shape index (κ2) is 5.88. The van der Waals surface area contributed by atoms with E-state index in [1.165, 1.54) is 0 Å². The molecule has 4 aromatic rings. The topological polar surface area (TPSA) is 61.8 Å². The lowest BCUT2D eigenvalue weighted by Gasteiger charge is -2.04. The van der Waals surface area contributed by atoms with E-state index in [1.807, 2.05) is 36.7 Å². The number of rotatable bonds is 5. The Balaban J connectivity index is 1.76. The molecule has 0 aliphatic rings. The molecule has 0 amide bonds. The van der Waals surface area contributed by atoms with Crippen molar-refractivity contribution in [3.8, 4) is 17.2 Å². The zero-order valence-corrected chi connectivity index (χ0v) is 14.1. The number of benzene rings is 1. The van der Waals surface area contributed by atoms with Crippen molar-refractivity contribution in [1.82, 2.24) is 14.6 Å². The van der Waals surface area contributed by atoms with Crippen molar-refractivity contribution in [2.45, 2.75) is 4.34 Å². The lowest BCUT2D eigenvalue weighted by atomic mass is 10.2. The fraction of sp³-hybridized carbons (Fsp3) is 0.200. The van der Waals surface area contributed by atoms with Crippen LogP contribution in [0.15, 0.2) is 39.2 Å². The quantitative estimate of drug-likeness (QED) is 0.403. The molecule has 8 heteroatoms. The molecule has 0 atom stereocenters. The summed E-state index contributed by atoms with van der Waals surface area (Å²) in [5.74, 6) is 1.42. The van der Waals surface area contributed by atoms with Gasteiger partial charge in [0, 0.05) is 7.11 Å². The van der Waals surface area contributed by atoms with Crippen molar-refractivity contribution in [1.29, 1.82) is 0 Å². The van der Waals surface area contributed by atoms with Crippen LogP contribution in [0.4, 0.5) is 0 Å². The first-order valence-corrected chi connectivity index (χ1v) is 8.87. The van der Waals surface area contributed by atoms with Gasteiger partial charge < -0.3 is 13.9 Å². The lowest BCUT2D eigenvalue weighted by Crippen LogP contribution is -1.98. The predicted octanol–water partition coefficient (Wildman–Crippen LogP) is 3.91. The van der Waals surface area contributed by atoms with Gasteiger partial charge >= 0.3 is 0 Å². The van der Waals surface area contributed by atoms with E-state index in [9.17, 15) is 0 Å². The molecule has 1 aromatic carbocycles. The van der Waals surface area contributed by atoms with Crippen LogP contribution in [-0.2, 0) is 4.74 Å². The van der Waals surface area contributed by atoms with Gasteiger partial charge in [0.2, 0.25) is 4.96 Å². The number of ether oxygens (including phenoxy) is 2. The molecular weight excluding hydrogens is 334 g/mol. The van der Waals surface area contributed by atoms with Crippen molar-refractivity contribution >= 4 is 39.0 Å². The van der Waals surface area contributed by atoms with E-state index >= 15 is 0 Å². The molecule has 23 heavy (non-hydrogen) atoms. The summed E-state index contributed by atoms with van der Waals surface area (Å²) in [6.45, 7) is 0.196. The van der Waals surface area contributed by atoms with Crippen LogP contribution in [0.2, 0.25) is 0 Å². The van der Waals surface area contributed by atoms with Crippen LogP contribution < -0.4 is 4.74 Å². The Kier molecular flexibility index (Phi) is 3.72. The summed E-state index contributed by atoms with van der Waals surface area (Å²) in [6.07, 6.45) is 3.87. The Morgan fingerprint density at radius 1 is 1.39 bits per heavy atom. The molecule has 118 valence electrons. The monoisotopic (exact) mass is 347 g/mol. The molecule has 0 saturated carbocycles. The Bertz CT molecular complexity index is 941. The van der Waals surface area contributed by atoms with Crippen molar-refractivity contribution in [3.63, 3.8) is 0 Å². The smallest absolute Gasteiger partial charge is 0.213 e. The van der Waals surface area contributed by atoms with E-state index in [0.29, 0.717) is 5.76 Å². The normalized spacial score (nSPS) is 11.6. The summed E-state index contributed by atoms with van der Waals surface area (Å²) >= 11 is 3.16. The minimum absolute atomic E-state index is 0.196. The molecular formula is C15H13N3O3S2. The first-order chi connectivity index (χ1) is 11.3. The van der Waals surface area contributed by atoms with E-state index in [-0.39, 0.29) is 6.79 Å². The molecule has 0 aliphatic carbocycles. The Morgan fingerprint density at radius 2 is 2.30 bits per heavy atom. The Hall–Kier alpha value is -2.03. The zero-order chi connectivity index (χ0) is 15.8. The maximum atomic E-state index is 5.91. The average Bonchev–Trinajstić information content (AvgIpc) is 3.23. The standard InChI is InChI=1S/C15H13N3O3S2/c1-19-8-20-11-4-3-5-12-9(11)6-13(21-12)10-7-18-14(16-10)23-15(17-18)22-2/h3-7H,8H2,1-2H3. The first kappa shape index (κ1) is 14.6. The third-order valence-corrected chi connectivity index (χ3v) is 5.20. The van der Waals surface area contributed by atoms with Gasteiger partial charge in [-0.15, -0.1) is 5.10 Å².